The van der Waals surface area contributed by atoms with Gasteiger partial charge in [0.2, 0.25) is 5.91 Å². The standard InChI is InChI=1S/C21H29N5O3/c1-2-25(14-17(27)23-16-11-7-4-8-12-16)18-19(22)26(21(29)24-20(18)28)13-15-9-5-3-6-10-15/h3,5-6,9-10,16H,2,4,7-8,11-14,22H2,1H3,(H,23,27)(H,24,28,29). The summed E-state index contributed by atoms with van der Waals surface area (Å²) in [5.41, 5.74) is 6.13. The van der Waals surface area contributed by atoms with E-state index in [1.54, 1.807) is 4.90 Å². The fourth-order valence-corrected chi connectivity index (χ4v) is 3.85. The number of nitrogens with zero attached hydrogens (tertiary/aromatic N) is 2. The Balaban J connectivity index is 1.83. The van der Waals surface area contributed by atoms with Crippen molar-refractivity contribution in [3.05, 3.63) is 56.7 Å². The molecular weight excluding hydrogens is 370 g/mol. The first-order valence-corrected chi connectivity index (χ1v) is 10.2. The highest BCUT2D eigenvalue weighted by molar-refractivity contribution is 5.82. The largest absolute Gasteiger partial charge is 0.383 e. The van der Waals surface area contributed by atoms with E-state index in [0.29, 0.717) is 6.54 Å². The van der Waals surface area contributed by atoms with Gasteiger partial charge in [-0.25, -0.2) is 4.79 Å². The fraction of sp³-hybridized carbons (Fsp3) is 0.476. The number of hydrogen-bond acceptors (Lipinski definition) is 5. The number of nitrogen functional groups attached to an aromatic ring is 1. The SMILES string of the molecule is CCN(CC(=O)NC1CCCCC1)c1c(N)n(Cc2ccccc2)c(=O)[nH]c1=O. The van der Waals surface area contributed by atoms with Crippen molar-refractivity contribution in [3.8, 4) is 0 Å². The highest BCUT2D eigenvalue weighted by atomic mass is 16.2. The Bertz CT molecular complexity index is 945. The van der Waals surface area contributed by atoms with Crippen LogP contribution in [0.3, 0.4) is 0 Å². The summed E-state index contributed by atoms with van der Waals surface area (Å²) < 4.78 is 1.33. The topological polar surface area (TPSA) is 113 Å². The van der Waals surface area contributed by atoms with Crippen LogP contribution in [0.2, 0.25) is 0 Å². The number of hydrogen-bond donors (Lipinski definition) is 3. The molecule has 29 heavy (non-hydrogen) atoms. The minimum atomic E-state index is -0.580. The van der Waals surface area contributed by atoms with Crippen molar-refractivity contribution in [2.24, 2.45) is 0 Å². The Labute approximate surface area is 169 Å². The predicted molar refractivity (Wildman–Crippen MR) is 114 cm³/mol. The molecule has 0 radical (unpaired) electrons. The highest BCUT2D eigenvalue weighted by Gasteiger charge is 2.22. The van der Waals surface area contributed by atoms with E-state index in [1.165, 1.54) is 11.0 Å². The van der Waals surface area contributed by atoms with E-state index >= 15 is 0 Å². The van der Waals surface area contributed by atoms with E-state index < -0.39 is 11.2 Å². The van der Waals surface area contributed by atoms with E-state index in [0.717, 1.165) is 31.2 Å². The quantitative estimate of drug-likeness (QED) is 0.652. The van der Waals surface area contributed by atoms with Crippen LogP contribution in [0.15, 0.2) is 39.9 Å². The number of aromatic nitrogens is 2. The van der Waals surface area contributed by atoms with Crippen LogP contribution in [0, 0.1) is 0 Å². The summed E-state index contributed by atoms with van der Waals surface area (Å²) in [5.74, 6) is -0.0757. The van der Waals surface area contributed by atoms with E-state index in [2.05, 4.69) is 10.3 Å². The molecule has 1 aliphatic carbocycles. The lowest BCUT2D eigenvalue weighted by Gasteiger charge is -2.27. The van der Waals surface area contributed by atoms with E-state index in [4.69, 9.17) is 5.73 Å². The number of H-pyrrole nitrogens is 1. The number of nitrogens with one attached hydrogen (secondary N) is 2. The van der Waals surface area contributed by atoms with Gasteiger partial charge in [0, 0.05) is 12.6 Å². The first-order chi connectivity index (χ1) is 14.0. The van der Waals surface area contributed by atoms with Crippen LogP contribution in [0.4, 0.5) is 11.5 Å². The van der Waals surface area contributed by atoms with Gasteiger partial charge in [-0.2, -0.15) is 0 Å². The molecule has 1 fully saturated rings. The molecule has 0 aliphatic heterocycles. The van der Waals surface area contributed by atoms with Crippen LogP contribution in [0.1, 0.15) is 44.6 Å². The van der Waals surface area contributed by atoms with Crippen molar-refractivity contribution in [2.75, 3.05) is 23.7 Å². The summed E-state index contributed by atoms with van der Waals surface area (Å²) in [6.07, 6.45) is 5.44. The van der Waals surface area contributed by atoms with Gasteiger partial charge in [-0.15, -0.1) is 0 Å². The van der Waals surface area contributed by atoms with Crippen LogP contribution in [-0.4, -0.2) is 34.6 Å². The van der Waals surface area contributed by atoms with Gasteiger partial charge in [0.05, 0.1) is 13.1 Å². The summed E-state index contributed by atoms with van der Waals surface area (Å²) in [6, 6.07) is 9.58. The molecule has 3 rings (SSSR count). The molecule has 0 atom stereocenters. The second-order valence-corrected chi connectivity index (χ2v) is 7.48. The minimum absolute atomic E-state index is 0.0177. The van der Waals surface area contributed by atoms with Gasteiger partial charge >= 0.3 is 5.69 Å². The van der Waals surface area contributed by atoms with E-state index in [1.807, 2.05) is 37.3 Å². The molecule has 4 N–H and O–H groups in total. The number of likely N-dealkylation sites (N-methyl/N-ethyl adjacent to an activating group) is 1. The number of nitrogens with two attached hydrogens (primary N) is 1. The molecule has 1 amide bonds. The van der Waals surface area contributed by atoms with Crippen molar-refractivity contribution in [2.45, 2.75) is 51.6 Å². The van der Waals surface area contributed by atoms with Gasteiger partial charge < -0.3 is 16.0 Å². The van der Waals surface area contributed by atoms with Gasteiger partial charge in [-0.05, 0) is 25.3 Å². The smallest absolute Gasteiger partial charge is 0.330 e. The van der Waals surface area contributed by atoms with Gasteiger partial charge in [0.15, 0.2) is 0 Å². The molecule has 8 heteroatoms. The maximum atomic E-state index is 12.5. The van der Waals surface area contributed by atoms with Gasteiger partial charge in [0.25, 0.3) is 5.56 Å². The van der Waals surface area contributed by atoms with Crippen molar-refractivity contribution in [3.63, 3.8) is 0 Å². The van der Waals surface area contributed by atoms with Crippen molar-refractivity contribution < 1.29 is 4.79 Å². The predicted octanol–water partition coefficient (Wildman–Crippen LogP) is 1.44. The molecule has 1 saturated carbocycles. The number of anilines is 2. The molecule has 2 aromatic rings. The van der Waals surface area contributed by atoms with Gasteiger partial charge in [-0.3, -0.25) is 19.1 Å². The Hall–Kier alpha value is -3.03. The van der Waals surface area contributed by atoms with Crippen molar-refractivity contribution >= 4 is 17.4 Å². The van der Waals surface area contributed by atoms with Gasteiger partial charge in [-0.1, -0.05) is 49.6 Å². The third-order valence-electron chi connectivity index (χ3n) is 5.40. The molecule has 1 heterocycles. The lowest BCUT2D eigenvalue weighted by atomic mass is 9.95. The first kappa shape index (κ1) is 20.7. The maximum absolute atomic E-state index is 12.5. The van der Waals surface area contributed by atoms with Crippen LogP contribution in [0.5, 0.6) is 0 Å². The summed E-state index contributed by atoms with van der Waals surface area (Å²) in [5, 5.41) is 3.06. The number of amides is 1. The third kappa shape index (κ3) is 5.07. The monoisotopic (exact) mass is 399 g/mol. The summed E-state index contributed by atoms with van der Waals surface area (Å²) in [6.45, 7) is 2.51. The normalized spacial score (nSPS) is 14.5. The zero-order chi connectivity index (χ0) is 20.8. The summed E-state index contributed by atoms with van der Waals surface area (Å²) >= 11 is 0. The minimum Gasteiger partial charge on any atom is -0.383 e. The second-order valence-electron chi connectivity index (χ2n) is 7.48. The third-order valence-corrected chi connectivity index (χ3v) is 5.40. The van der Waals surface area contributed by atoms with Crippen LogP contribution >= 0.6 is 0 Å². The molecular formula is C21H29N5O3. The Morgan fingerprint density at radius 2 is 1.90 bits per heavy atom. The molecule has 0 unspecified atom stereocenters. The fourth-order valence-electron chi connectivity index (χ4n) is 3.85. The molecule has 8 nitrogen and oxygen atoms in total. The highest BCUT2D eigenvalue weighted by Crippen LogP contribution is 2.19. The maximum Gasteiger partial charge on any atom is 0.330 e. The average molecular weight is 399 g/mol. The Morgan fingerprint density at radius 3 is 2.55 bits per heavy atom. The summed E-state index contributed by atoms with van der Waals surface area (Å²) in [4.78, 5) is 41.4. The number of rotatable bonds is 7. The number of benzene rings is 1. The lowest BCUT2D eigenvalue weighted by Crippen LogP contribution is -2.45. The molecule has 0 spiro atoms. The van der Waals surface area contributed by atoms with Crippen molar-refractivity contribution in [1.82, 2.24) is 14.9 Å². The van der Waals surface area contributed by atoms with E-state index in [-0.39, 0.29) is 36.5 Å². The zero-order valence-electron chi connectivity index (χ0n) is 16.8. The van der Waals surface area contributed by atoms with E-state index in [9.17, 15) is 14.4 Å². The number of carbonyl (C=O) groups is 1. The average Bonchev–Trinajstić information content (AvgIpc) is 2.71. The molecule has 1 aromatic heterocycles. The first-order valence-electron chi connectivity index (χ1n) is 10.2. The second kappa shape index (κ2) is 9.45. The van der Waals surface area contributed by atoms with Crippen molar-refractivity contribution in [1.29, 1.82) is 0 Å². The molecule has 156 valence electrons. The Kier molecular flexibility index (Phi) is 6.74. The number of carbonyl (C=O) groups excluding carboxylic acids is 1. The molecule has 1 aliphatic rings. The lowest BCUT2D eigenvalue weighted by molar-refractivity contribution is -0.120. The van der Waals surface area contributed by atoms with Crippen LogP contribution in [0.25, 0.3) is 0 Å². The van der Waals surface area contributed by atoms with Gasteiger partial charge in [0.1, 0.15) is 11.5 Å². The summed E-state index contributed by atoms with van der Waals surface area (Å²) in [7, 11) is 0. The van der Waals surface area contributed by atoms with Crippen LogP contribution in [-0.2, 0) is 11.3 Å². The molecule has 1 aromatic carbocycles. The Morgan fingerprint density at radius 1 is 1.21 bits per heavy atom. The zero-order valence-corrected chi connectivity index (χ0v) is 16.8. The molecule has 0 saturated heterocycles. The molecule has 0 bridgehead atoms. The van der Waals surface area contributed by atoms with Crippen LogP contribution < -0.4 is 27.2 Å². The number of aromatic amines is 1.